The molecule has 2 aliphatic heterocycles. The zero-order chi connectivity index (χ0) is 21.4. The Hall–Kier alpha value is -3.16. The van der Waals surface area contributed by atoms with Gasteiger partial charge < -0.3 is 9.80 Å². The van der Waals surface area contributed by atoms with Gasteiger partial charge in [-0.05, 0) is 71.9 Å². The van der Waals surface area contributed by atoms with E-state index >= 15 is 0 Å². The van der Waals surface area contributed by atoms with Crippen molar-refractivity contribution < 1.29 is 9.59 Å². The number of aromatic nitrogens is 1. The van der Waals surface area contributed by atoms with Gasteiger partial charge in [-0.25, -0.2) is 0 Å². The predicted molar refractivity (Wildman–Crippen MR) is 126 cm³/mol. The van der Waals surface area contributed by atoms with E-state index in [1.165, 1.54) is 5.69 Å². The van der Waals surface area contributed by atoms with Crippen LogP contribution >= 0.6 is 11.8 Å². The molecule has 0 bridgehead atoms. The van der Waals surface area contributed by atoms with Crippen molar-refractivity contribution in [1.82, 2.24) is 15.2 Å². The number of rotatable bonds is 3. The third kappa shape index (κ3) is 4.06. The number of carbonyl (C=O) groups excluding carboxylic acids is 2. The minimum absolute atomic E-state index is 0.333. The van der Waals surface area contributed by atoms with Gasteiger partial charge in [0.1, 0.15) is 0 Å². The Morgan fingerprint density at radius 1 is 1.03 bits per heavy atom. The Morgan fingerprint density at radius 3 is 2.65 bits per heavy atom. The highest BCUT2D eigenvalue weighted by molar-refractivity contribution is 8.18. The van der Waals surface area contributed by atoms with Crippen LogP contribution in [-0.4, -0.2) is 54.3 Å². The van der Waals surface area contributed by atoms with Gasteiger partial charge in [0.05, 0.1) is 10.4 Å². The van der Waals surface area contributed by atoms with Crippen molar-refractivity contribution in [3.8, 4) is 11.1 Å². The molecule has 3 heterocycles. The third-order valence-corrected chi connectivity index (χ3v) is 6.54. The number of piperazine rings is 1. The number of hydrogen-bond donors (Lipinski definition) is 1. The van der Waals surface area contributed by atoms with Crippen molar-refractivity contribution in [2.45, 2.75) is 0 Å². The lowest BCUT2D eigenvalue weighted by atomic mass is 9.99. The predicted octanol–water partition coefficient (Wildman–Crippen LogP) is 3.98. The van der Waals surface area contributed by atoms with E-state index in [1.54, 1.807) is 6.08 Å². The maximum absolute atomic E-state index is 11.9. The first kappa shape index (κ1) is 19.8. The molecule has 0 unspecified atom stereocenters. The van der Waals surface area contributed by atoms with Crippen LogP contribution in [0.4, 0.5) is 10.5 Å². The fourth-order valence-corrected chi connectivity index (χ4v) is 4.69. The highest BCUT2D eigenvalue weighted by atomic mass is 32.2. The third-order valence-electron chi connectivity index (χ3n) is 5.73. The number of imide groups is 1. The number of nitrogens with zero attached hydrogens (tertiary/aromatic N) is 3. The highest BCUT2D eigenvalue weighted by Crippen LogP contribution is 2.32. The molecule has 2 amide bonds. The van der Waals surface area contributed by atoms with E-state index in [4.69, 9.17) is 0 Å². The van der Waals surface area contributed by atoms with Gasteiger partial charge >= 0.3 is 0 Å². The van der Waals surface area contributed by atoms with Crippen LogP contribution < -0.4 is 10.2 Å². The normalized spacial score (nSPS) is 18.7. The summed E-state index contributed by atoms with van der Waals surface area (Å²) < 4.78 is 0. The van der Waals surface area contributed by atoms with Gasteiger partial charge in [0.2, 0.25) is 0 Å². The van der Waals surface area contributed by atoms with Gasteiger partial charge in [0, 0.05) is 43.4 Å². The molecule has 2 saturated heterocycles. The van der Waals surface area contributed by atoms with Gasteiger partial charge in [0.15, 0.2) is 0 Å². The molecular formula is C24H22N4O2S. The molecule has 156 valence electrons. The fourth-order valence-electron chi connectivity index (χ4n) is 4.01. The van der Waals surface area contributed by atoms with Gasteiger partial charge in [-0.1, -0.05) is 18.2 Å². The second-order valence-corrected chi connectivity index (χ2v) is 8.84. The van der Waals surface area contributed by atoms with E-state index in [9.17, 15) is 9.59 Å². The molecule has 0 saturated carbocycles. The summed E-state index contributed by atoms with van der Waals surface area (Å²) in [5.74, 6) is -0.346. The molecule has 1 aromatic heterocycles. The second-order valence-electron chi connectivity index (χ2n) is 7.83. The summed E-state index contributed by atoms with van der Waals surface area (Å²) in [6.45, 7) is 4.17. The lowest BCUT2D eigenvalue weighted by molar-refractivity contribution is -0.115. The molecule has 0 spiro atoms. The first-order chi connectivity index (χ1) is 15.1. The lowest BCUT2D eigenvalue weighted by Gasteiger charge is -2.34. The topological polar surface area (TPSA) is 65.5 Å². The number of pyridine rings is 1. The van der Waals surface area contributed by atoms with Gasteiger partial charge in [-0.3, -0.25) is 19.9 Å². The maximum atomic E-state index is 11.9. The Balaban J connectivity index is 1.53. The molecule has 7 heteroatoms. The molecule has 6 nitrogen and oxygen atoms in total. The summed E-state index contributed by atoms with van der Waals surface area (Å²) in [6, 6.07) is 16.6. The summed E-state index contributed by atoms with van der Waals surface area (Å²) in [7, 11) is 2.16. The van der Waals surface area contributed by atoms with E-state index in [0.717, 1.165) is 65.5 Å². The quantitative estimate of drug-likeness (QED) is 0.634. The Bertz CT molecular complexity index is 1220. The van der Waals surface area contributed by atoms with E-state index in [2.05, 4.69) is 51.4 Å². The number of nitrogens with one attached hydrogen (secondary N) is 1. The first-order valence-electron chi connectivity index (χ1n) is 10.2. The standard InChI is InChI=1S/C24H22N4O2S/c1-27-9-11-28(12-10-27)18-4-2-3-17(15-18)19-7-8-25-21-6-5-16(13-20(19)21)14-22-23(29)26-24(30)31-22/h2-8,13-15H,9-12H2,1H3,(H,26,29,30). The van der Waals surface area contributed by atoms with E-state index in [0.29, 0.717) is 4.91 Å². The molecule has 0 aliphatic carbocycles. The van der Waals surface area contributed by atoms with Crippen LogP contribution in [0.25, 0.3) is 28.1 Å². The smallest absolute Gasteiger partial charge is 0.290 e. The van der Waals surface area contributed by atoms with Crippen molar-refractivity contribution in [3.63, 3.8) is 0 Å². The molecule has 0 radical (unpaired) electrons. The van der Waals surface area contributed by atoms with Crippen LogP contribution in [0.1, 0.15) is 5.56 Å². The molecule has 5 rings (SSSR count). The van der Waals surface area contributed by atoms with Gasteiger partial charge in [-0.15, -0.1) is 0 Å². The average Bonchev–Trinajstić information content (AvgIpc) is 3.10. The zero-order valence-corrected chi connectivity index (χ0v) is 18.0. The first-order valence-corrected chi connectivity index (χ1v) is 11.1. The molecule has 31 heavy (non-hydrogen) atoms. The minimum atomic E-state index is -0.346. The number of likely N-dealkylation sites (N-methyl/N-ethyl adjacent to an activating group) is 1. The Labute approximate surface area is 184 Å². The molecular weight excluding hydrogens is 408 g/mol. The zero-order valence-electron chi connectivity index (χ0n) is 17.2. The molecule has 2 fully saturated rings. The van der Waals surface area contributed by atoms with Gasteiger partial charge in [-0.2, -0.15) is 0 Å². The fraction of sp³-hybridized carbons (Fsp3) is 0.208. The lowest BCUT2D eigenvalue weighted by Crippen LogP contribution is -2.44. The van der Waals surface area contributed by atoms with Crippen LogP contribution in [0.5, 0.6) is 0 Å². The number of carbonyl (C=O) groups is 2. The minimum Gasteiger partial charge on any atom is -0.369 e. The highest BCUT2D eigenvalue weighted by Gasteiger charge is 2.25. The van der Waals surface area contributed by atoms with Crippen LogP contribution in [0, 0.1) is 0 Å². The van der Waals surface area contributed by atoms with E-state index < -0.39 is 0 Å². The number of benzene rings is 2. The Kier molecular flexibility index (Phi) is 5.21. The SMILES string of the molecule is CN1CCN(c2cccc(-c3ccnc4ccc(C=C5SC(=O)NC5=O)cc34)c2)CC1. The summed E-state index contributed by atoms with van der Waals surface area (Å²) in [6.07, 6.45) is 3.58. The molecule has 3 aromatic rings. The van der Waals surface area contributed by atoms with Crippen molar-refractivity contribution >= 4 is 45.6 Å². The van der Waals surface area contributed by atoms with E-state index in [-0.39, 0.29) is 11.1 Å². The number of thioether (sulfide) groups is 1. The summed E-state index contributed by atoms with van der Waals surface area (Å²) in [5, 5.41) is 2.98. The van der Waals surface area contributed by atoms with Crippen LogP contribution in [0.3, 0.4) is 0 Å². The van der Waals surface area contributed by atoms with Crippen molar-refractivity contribution in [3.05, 3.63) is 65.2 Å². The summed E-state index contributed by atoms with van der Waals surface area (Å²) in [4.78, 5) is 33.1. The molecule has 2 aromatic carbocycles. The average molecular weight is 431 g/mol. The molecule has 0 atom stereocenters. The van der Waals surface area contributed by atoms with E-state index in [1.807, 2.05) is 30.5 Å². The van der Waals surface area contributed by atoms with Gasteiger partial charge in [0.25, 0.3) is 11.1 Å². The number of hydrogen-bond acceptors (Lipinski definition) is 6. The van der Waals surface area contributed by atoms with Crippen LogP contribution in [0.15, 0.2) is 59.6 Å². The largest absolute Gasteiger partial charge is 0.369 e. The summed E-state index contributed by atoms with van der Waals surface area (Å²) >= 11 is 0.929. The Morgan fingerprint density at radius 2 is 1.87 bits per heavy atom. The van der Waals surface area contributed by atoms with Crippen molar-refractivity contribution in [2.24, 2.45) is 0 Å². The monoisotopic (exact) mass is 430 g/mol. The second kappa shape index (κ2) is 8.17. The summed E-state index contributed by atoms with van der Waals surface area (Å²) in [5.41, 5.74) is 5.22. The number of anilines is 1. The van der Waals surface area contributed by atoms with Crippen LogP contribution in [-0.2, 0) is 4.79 Å². The number of fused-ring (bicyclic) bond motifs is 1. The van der Waals surface area contributed by atoms with Crippen molar-refractivity contribution in [2.75, 3.05) is 38.1 Å². The molecule has 1 N–H and O–H groups in total. The van der Waals surface area contributed by atoms with Crippen molar-refractivity contribution in [1.29, 1.82) is 0 Å². The number of amides is 2. The van der Waals surface area contributed by atoms with Crippen LogP contribution in [0.2, 0.25) is 0 Å². The maximum Gasteiger partial charge on any atom is 0.290 e. The molecule has 2 aliphatic rings.